The fourth-order valence-corrected chi connectivity index (χ4v) is 2.84. The Morgan fingerprint density at radius 3 is 2.63 bits per heavy atom. The molecule has 0 saturated carbocycles. The molecule has 3 aromatic rings. The van der Waals surface area contributed by atoms with Crippen molar-refractivity contribution in [2.75, 3.05) is 36.0 Å². The zero-order valence-electron chi connectivity index (χ0n) is 15.6. The highest BCUT2D eigenvalue weighted by atomic mass is 16.2. The van der Waals surface area contributed by atoms with E-state index in [0.29, 0.717) is 18.1 Å². The number of hydrogen-bond acceptors (Lipinski definition) is 6. The number of amides is 1. The van der Waals surface area contributed by atoms with Crippen LogP contribution in [0.1, 0.15) is 13.8 Å². The predicted octanol–water partition coefficient (Wildman–Crippen LogP) is 3.24. The highest BCUT2D eigenvalue weighted by Gasteiger charge is 2.09. The van der Waals surface area contributed by atoms with Gasteiger partial charge >= 0.3 is 0 Å². The molecule has 0 radical (unpaired) electrons. The second-order valence-electron chi connectivity index (χ2n) is 6.21. The highest BCUT2D eigenvalue weighted by Crippen LogP contribution is 2.26. The van der Waals surface area contributed by atoms with E-state index >= 15 is 0 Å². The maximum atomic E-state index is 12.2. The number of nitrogen functional groups attached to an aromatic ring is 1. The third-order valence-electron chi connectivity index (χ3n) is 4.33. The third kappa shape index (κ3) is 4.71. The number of nitrogens with two attached hydrogens (primary N) is 1. The number of likely N-dealkylation sites (N-methyl/N-ethyl adjacent to an activating group) is 1. The summed E-state index contributed by atoms with van der Waals surface area (Å²) in [5.74, 6) is 0.634. The number of carbonyl (C=O) groups excluding carboxylic acids is 1. The summed E-state index contributed by atoms with van der Waals surface area (Å²) in [7, 11) is 0. The summed E-state index contributed by atoms with van der Waals surface area (Å²) in [6.45, 7) is 6.14. The minimum absolute atomic E-state index is 0.0314. The molecule has 0 unspecified atom stereocenters. The van der Waals surface area contributed by atoms with Gasteiger partial charge in [-0.25, -0.2) is 9.97 Å². The van der Waals surface area contributed by atoms with Gasteiger partial charge in [-0.15, -0.1) is 0 Å². The van der Waals surface area contributed by atoms with Crippen molar-refractivity contribution in [2.24, 2.45) is 0 Å². The Hall–Kier alpha value is -3.19. The van der Waals surface area contributed by atoms with Gasteiger partial charge in [0.15, 0.2) is 0 Å². The molecule has 27 heavy (non-hydrogen) atoms. The Kier molecular flexibility index (Phi) is 5.83. The fourth-order valence-electron chi connectivity index (χ4n) is 2.84. The summed E-state index contributed by atoms with van der Waals surface area (Å²) < 4.78 is 0. The van der Waals surface area contributed by atoms with Gasteiger partial charge < -0.3 is 16.4 Å². The van der Waals surface area contributed by atoms with Crippen LogP contribution in [0.5, 0.6) is 0 Å². The third-order valence-corrected chi connectivity index (χ3v) is 4.33. The molecule has 7 heteroatoms. The van der Waals surface area contributed by atoms with Crippen LogP contribution in [0.2, 0.25) is 0 Å². The van der Waals surface area contributed by atoms with Crippen molar-refractivity contribution in [1.82, 2.24) is 14.9 Å². The number of anilines is 4. The average Bonchev–Trinajstić information content (AvgIpc) is 2.67. The molecule has 0 aliphatic heterocycles. The first-order valence-corrected chi connectivity index (χ1v) is 8.98. The molecule has 0 bridgehead atoms. The minimum Gasteiger partial charge on any atom is -0.399 e. The molecule has 1 heterocycles. The Morgan fingerprint density at radius 2 is 1.85 bits per heavy atom. The summed E-state index contributed by atoms with van der Waals surface area (Å²) in [5.41, 5.74) is 8.90. The van der Waals surface area contributed by atoms with Crippen LogP contribution in [-0.2, 0) is 4.79 Å². The monoisotopic (exact) mass is 364 g/mol. The molecule has 0 aliphatic rings. The molecule has 0 fully saturated rings. The van der Waals surface area contributed by atoms with Crippen LogP contribution in [0.3, 0.4) is 0 Å². The van der Waals surface area contributed by atoms with Crippen molar-refractivity contribution < 1.29 is 4.79 Å². The smallest absolute Gasteiger partial charge is 0.238 e. The van der Waals surface area contributed by atoms with E-state index in [0.717, 1.165) is 35.4 Å². The number of rotatable bonds is 7. The van der Waals surface area contributed by atoms with Gasteiger partial charge in [0.2, 0.25) is 5.91 Å². The van der Waals surface area contributed by atoms with Gasteiger partial charge in [-0.2, -0.15) is 0 Å². The fraction of sp³-hybridized carbons (Fsp3) is 0.250. The van der Waals surface area contributed by atoms with Crippen LogP contribution in [0.25, 0.3) is 10.9 Å². The van der Waals surface area contributed by atoms with Crippen molar-refractivity contribution in [3.05, 3.63) is 48.8 Å². The standard InChI is InChI=1S/C20H24N6O/c1-3-26(4-2)12-19(27)24-15-6-5-7-16(11-15)25-20-17-10-14(21)8-9-18(17)22-13-23-20/h5-11,13H,3-4,12,21H2,1-2H3,(H,24,27)(H,22,23,25). The Morgan fingerprint density at radius 1 is 1.07 bits per heavy atom. The highest BCUT2D eigenvalue weighted by molar-refractivity contribution is 5.94. The largest absolute Gasteiger partial charge is 0.399 e. The summed E-state index contributed by atoms with van der Waals surface area (Å²) >= 11 is 0. The lowest BCUT2D eigenvalue weighted by Crippen LogP contribution is -2.32. The Bertz CT molecular complexity index is 939. The van der Waals surface area contributed by atoms with Crippen molar-refractivity contribution >= 4 is 39.7 Å². The molecule has 3 rings (SSSR count). The van der Waals surface area contributed by atoms with E-state index in [-0.39, 0.29) is 5.91 Å². The second kappa shape index (κ2) is 8.46. The van der Waals surface area contributed by atoms with Crippen molar-refractivity contribution in [3.8, 4) is 0 Å². The van der Waals surface area contributed by atoms with Gasteiger partial charge in [0.1, 0.15) is 12.1 Å². The number of nitrogens with one attached hydrogen (secondary N) is 2. The lowest BCUT2D eigenvalue weighted by atomic mass is 10.2. The minimum atomic E-state index is -0.0314. The molecular formula is C20H24N6O. The topological polar surface area (TPSA) is 96.2 Å². The molecule has 0 aliphatic carbocycles. The maximum Gasteiger partial charge on any atom is 0.238 e. The van der Waals surface area contributed by atoms with Crippen LogP contribution in [0, 0.1) is 0 Å². The van der Waals surface area contributed by atoms with Gasteiger partial charge in [0.05, 0.1) is 12.1 Å². The number of fused-ring (bicyclic) bond motifs is 1. The molecule has 7 nitrogen and oxygen atoms in total. The normalized spacial score (nSPS) is 10.9. The number of hydrogen-bond donors (Lipinski definition) is 3. The van der Waals surface area contributed by atoms with Crippen molar-refractivity contribution in [2.45, 2.75) is 13.8 Å². The molecule has 140 valence electrons. The van der Waals surface area contributed by atoms with Crippen LogP contribution in [-0.4, -0.2) is 40.4 Å². The number of benzene rings is 2. The van der Waals surface area contributed by atoms with E-state index in [1.807, 2.05) is 56.3 Å². The van der Waals surface area contributed by atoms with E-state index in [4.69, 9.17) is 5.73 Å². The summed E-state index contributed by atoms with van der Waals surface area (Å²) in [6, 6.07) is 13.1. The molecular weight excluding hydrogens is 340 g/mol. The number of carbonyl (C=O) groups is 1. The molecule has 0 saturated heterocycles. The van der Waals surface area contributed by atoms with E-state index in [1.54, 1.807) is 0 Å². The van der Waals surface area contributed by atoms with Crippen molar-refractivity contribution in [3.63, 3.8) is 0 Å². The van der Waals surface area contributed by atoms with E-state index < -0.39 is 0 Å². The average molecular weight is 364 g/mol. The number of nitrogens with zero attached hydrogens (tertiary/aromatic N) is 3. The molecule has 1 aromatic heterocycles. The van der Waals surface area contributed by atoms with E-state index in [2.05, 4.69) is 25.5 Å². The summed E-state index contributed by atoms with van der Waals surface area (Å²) in [5, 5.41) is 7.06. The van der Waals surface area contributed by atoms with Gasteiger partial charge in [0.25, 0.3) is 0 Å². The Labute approximate surface area is 158 Å². The molecule has 2 aromatic carbocycles. The van der Waals surface area contributed by atoms with Crippen molar-refractivity contribution in [1.29, 1.82) is 0 Å². The molecule has 1 amide bonds. The zero-order chi connectivity index (χ0) is 19.2. The first-order chi connectivity index (χ1) is 13.1. The molecule has 4 N–H and O–H groups in total. The SMILES string of the molecule is CCN(CC)CC(=O)Nc1cccc(Nc2ncnc3ccc(N)cc23)c1. The van der Waals surface area contributed by atoms with Crippen LogP contribution in [0.4, 0.5) is 22.9 Å². The lowest BCUT2D eigenvalue weighted by Gasteiger charge is -2.17. The van der Waals surface area contributed by atoms with Crippen LogP contribution < -0.4 is 16.4 Å². The second-order valence-corrected chi connectivity index (χ2v) is 6.21. The zero-order valence-corrected chi connectivity index (χ0v) is 15.6. The predicted molar refractivity (Wildman–Crippen MR) is 110 cm³/mol. The van der Waals surface area contributed by atoms with Gasteiger partial charge in [0, 0.05) is 22.4 Å². The van der Waals surface area contributed by atoms with Gasteiger partial charge in [-0.3, -0.25) is 9.69 Å². The molecule has 0 spiro atoms. The van der Waals surface area contributed by atoms with Gasteiger partial charge in [-0.05, 0) is 49.5 Å². The quantitative estimate of drug-likeness (QED) is 0.557. The first-order valence-electron chi connectivity index (χ1n) is 8.98. The van der Waals surface area contributed by atoms with Crippen LogP contribution in [0.15, 0.2) is 48.8 Å². The molecule has 0 atom stereocenters. The van der Waals surface area contributed by atoms with E-state index in [9.17, 15) is 4.79 Å². The number of aromatic nitrogens is 2. The first kappa shape index (κ1) is 18.6. The van der Waals surface area contributed by atoms with Gasteiger partial charge in [-0.1, -0.05) is 19.9 Å². The lowest BCUT2D eigenvalue weighted by molar-refractivity contribution is -0.117. The van der Waals surface area contributed by atoms with E-state index in [1.165, 1.54) is 6.33 Å². The summed E-state index contributed by atoms with van der Waals surface area (Å²) in [6.07, 6.45) is 1.51. The summed E-state index contributed by atoms with van der Waals surface area (Å²) in [4.78, 5) is 22.9. The maximum absolute atomic E-state index is 12.2. The van der Waals surface area contributed by atoms with Crippen LogP contribution >= 0.6 is 0 Å². The Balaban J connectivity index is 1.77.